The number of rotatable bonds is 23. The number of nitrogens with one attached hydrogen (secondary N) is 4. The molecular weight excluding hydrogens is 1500 g/mol. The minimum atomic E-state index is -3.53. The van der Waals surface area contributed by atoms with Crippen molar-refractivity contribution in [1.82, 2.24) is 47.5 Å². The Bertz CT molecular complexity index is 4950. The van der Waals surface area contributed by atoms with Gasteiger partial charge < -0.3 is 49.1 Å². The molecule has 6 aromatic carbocycles. The number of fused-ring (bicyclic) bond motifs is 3. The first kappa shape index (κ1) is 78.9. The molecule has 35 heteroatoms. The van der Waals surface area contributed by atoms with Crippen LogP contribution in [0.15, 0.2) is 110 Å². The molecule has 26 nitrogen and oxygen atoms in total. The molecule has 2 aliphatic carbocycles. The van der Waals surface area contributed by atoms with Crippen LogP contribution in [0.5, 0.6) is 34.5 Å². The summed E-state index contributed by atoms with van der Waals surface area (Å²) in [4.78, 5) is 26.0. The average Bonchev–Trinajstić information content (AvgIpc) is 0.854. The fourth-order valence-corrected chi connectivity index (χ4v) is 16.5. The van der Waals surface area contributed by atoms with Crippen LogP contribution >= 0.6 is 34.8 Å². The number of morpholine rings is 1. The van der Waals surface area contributed by atoms with Crippen molar-refractivity contribution in [2.75, 3.05) is 95.2 Å². The van der Waals surface area contributed by atoms with Crippen molar-refractivity contribution in [2.24, 2.45) is 0 Å². The molecule has 3 aromatic heterocycles. The quantitative estimate of drug-likeness (QED) is 0.0462. The van der Waals surface area contributed by atoms with E-state index in [0.717, 1.165) is 0 Å². The van der Waals surface area contributed by atoms with Gasteiger partial charge in [0.15, 0.2) is 34.5 Å². The molecule has 2 aliphatic heterocycles. The van der Waals surface area contributed by atoms with Crippen LogP contribution in [-0.2, 0) is 35.0 Å². The first-order valence-electron chi connectivity index (χ1n) is 34.3. The highest BCUT2D eigenvalue weighted by Gasteiger charge is 2.36. The van der Waals surface area contributed by atoms with Crippen molar-refractivity contribution in [1.29, 1.82) is 0 Å². The Morgan fingerprint density at radius 1 is 0.500 bits per heavy atom. The van der Waals surface area contributed by atoms with Gasteiger partial charge in [0.25, 0.3) is 10.2 Å². The second-order valence-corrected chi connectivity index (χ2v) is 32.6. The maximum atomic E-state index is 13.6. The van der Waals surface area contributed by atoms with Crippen molar-refractivity contribution < 1.29 is 71.6 Å². The molecule has 2 saturated carbocycles. The van der Waals surface area contributed by atoms with Crippen LogP contribution < -0.4 is 49.1 Å². The fraction of sp³-hybridized carbons (Fsp3) is 0.408. The van der Waals surface area contributed by atoms with Gasteiger partial charge in [-0.05, 0) is 151 Å². The van der Waals surface area contributed by atoms with E-state index in [1.165, 1.54) is 74.6 Å². The van der Waals surface area contributed by atoms with E-state index in [1.807, 2.05) is 19.1 Å². The zero-order chi connectivity index (χ0) is 75.5. The van der Waals surface area contributed by atoms with E-state index in [1.54, 1.807) is 70.7 Å². The molecule has 4 N–H and O–H groups in total. The van der Waals surface area contributed by atoms with Gasteiger partial charge in [-0.2, -0.15) is 17.0 Å². The van der Waals surface area contributed by atoms with Crippen LogP contribution in [0.4, 0.5) is 47.7 Å². The van der Waals surface area contributed by atoms with E-state index in [-0.39, 0.29) is 51.2 Å². The lowest BCUT2D eigenvalue weighted by atomic mass is 9.93. The lowest BCUT2D eigenvalue weighted by Crippen LogP contribution is -2.51. The predicted octanol–water partition coefficient (Wildman–Crippen LogP) is 13.5. The second kappa shape index (κ2) is 35.3. The Morgan fingerprint density at radius 3 is 1.26 bits per heavy atom. The van der Waals surface area contributed by atoms with Crippen LogP contribution in [0, 0.1) is 17.5 Å². The summed E-state index contributed by atoms with van der Waals surface area (Å²) < 4.78 is 162. The standard InChI is InChI=1S/C26H31ClFN5O5S.C23H26ClFN4O4S.C22H24ClFN4O4S/c1-32(39(34,35)33-9-11-37-12-10-33)18-4-6-19(7-5-18)38-25-14-20-23(15-24(25)36-2)29-16-30-26(20)31-17-3-8-22(28)21(27)13-17;1-3-34(30,31)29-14-4-7-16(8-5-14)33-22-11-17-20(12-21(22)32-2)26-13-27-23(17)28-15-6-9-19(25)18(24)10-15;1-3-31-20-12-19-16(11-21(20)32-15-6-8-28(9-7-15)33(2,29)30)22(26-13-25-19)27-14-4-5-18(24)17(23)10-14/h3,8,13-16,18-19H,4-7,9-12H2,1-2H3,(H,29,30,31);6,9-14,16,29H,3-5,7-8H2,1-2H3,(H,26,27,28);4-5,10-13,15H,3,6-9H2,1-2H3,(H,25,26,27). The molecule has 13 rings (SSSR count). The molecule has 0 unspecified atom stereocenters. The van der Waals surface area contributed by atoms with E-state index < -0.39 is 47.7 Å². The van der Waals surface area contributed by atoms with E-state index in [0.29, 0.717) is 212 Å². The third-order valence-electron chi connectivity index (χ3n) is 18.4. The summed E-state index contributed by atoms with van der Waals surface area (Å²) in [5.74, 6) is 3.31. The molecule has 0 spiro atoms. The highest BCUT2D eigenvalue weighted by Crippen LogP contribution is 2.42. The van der Waals surface area contributed by atoms with Gasteiger partial charge in [0, 0.05) is 96.7 Å². The molecule has 4 fully saturated rings. The number of anilines is 6. The summed E-state index contributed by atoms with van der Waals surface area (Å²) in [6.07, 6.45) is 11.9. The number of ether oxygens (including phenoxy) is 7. The zero-order valence-corrected chi connectivity index (χ0v) is 63.5. The summed E-state index contributed by atoms with van der Waals surface area (Å²) >= 11 is 17.7. The Morgan fingerprint density at radius 2 is 0.887 bits per heavy atom. The fourth-order valence-electron chi connectivity index (χ4n) is 12.6. The van der Waals surface area contributed by atoms with Crippen molar-refractivity contribution >= 4 is 132 Å². The largest absolute Gasteiger partial charge is 0.493 e. The zero-order valence-electron chi connectivity index (χ0n) is 58.8. The first-order valence-corrected chi connectivity index (χ1v) is 40.3. The minimum Gasteiger partial charge on any atom is -0.493 e. The number of sulfonamides is 2. The number of aromatic nitrogens is 6. The third kappa shape index (κ3) is 20.0. The van der Waals surface area contributed by atoms with Crippen LogP contribution in [-0.4, -0.2) is 178 Å². The Labute approximate surface area is 628 Å². The monoisotopic (exact) mass is 1580 g/mol. The number of piperidine rings is 1. The Kier molecular flexibility index (Phi) is 26.2. The van der Waals surface area contributed by atoms with Gasteiger partial charge in [-0.3, -0.25) is 0 Å². The molecular formula is C71H81Cl3F3N13O13S3. The van der Waals surface area contributed by atoms with E-state index >= 15 is 0 Å². The van der Waals surface area contributed by atoms with Crippen LogP contribution in [0.3, 0.4) is 0 Å². The summed E-state index contributed by atoms with van der Waals surface area (Å²) in [7, 11) is -5.19. The molecule has 0 radical (unpaired) electrons. The molecule has 4 aliphatic rings. The number of hydrogen-bond acceptors (Lipinski definition) is 22. The molecule has 0 bridgehead atoms. The minimum absolute atomic E-state index is 0.00134. The molecule has 568 valence electrons. The third-order valence-corrected chi connectivity index (χ3v) is 24.0. The van der Waals surface area contributed by atoms with Gasteiger partial charge in [0.05, 0.1) is 89.9 Å². The summed E-state index contributed by atoms with van der Waals surface area (Å²) in [5, 5.41) is 11.6. The molecule has 2 saturated heterocycles. The normalized spacial score (nSPS) is 18.4. The molecule has 9 aromatic rings. The summed E-state index contributed by atoms with van der Waals surface area (Å²) in [6, 6.07) is 23.6. The molecule has 5 heterocycles. The SMILES string of the molecule is CCOc1cc2ncnc(Nc3ccc(F)c(Cl)c3)c2cc1OC1CCN(S(C)(=O)=O)CC1.CCS(=O)(=O)NC1CCC(Oc2cc3c(Nc4ccc(F)c(Cl)c4)ncnc3cc2OC)CC1.COc1cc2ncnc(Nc3ccc(F)c(Cl)c3)c2cc1OC1CCC(N(C)S(=O)(=O)N2CCOCC2)CC1. The second-order valence-electron chi connectivity index (χ2n) is 25.4. The topological polar surface area (TPSA) is 302 Å². The Hall–Kier alpha value is -8.15. The van der Waals surface area contributed by atoms with Crippen molar-refractivity contribution in [3.8, 4) is 34.5 Å². The lowest BCUT2D eigenvalue weighted by molar-refractivity contribution is 0.0679. The number of benzene rings is 6. The lowest BCUT2D eigenvalue weighted by Gasteiger charge is -2.37. The number of methoxy groups -OCH3 is 2. The van der Waals surface area contributed by atoms with Gasteiger partial charge in [-0.1, -0.05) is 34.8 Å². The summed E-state index contributed by atoms with van der Waals surface area (Å²) in [6.45, 7) is 6.35. The van der Waals surface area contributed by atoms with Crippen molar-refractivity contribution in [3.05, 3.63) is 142 Å². The van der Waals surface area contributed by atoms with Gasteiger partial charge in [-0.25, -0.2) is 68.9 Å². The van der Waals surface area contributed by atoms with E-state index in [9.17, 15) is 38.4 Å². The number of halogens is 6. The maximum Gasteiger partial charge on any atom is 0.282 e. The van der Waals surface area contributed by atoms with Gasteiger partial charge in [0.2, 0.25) is 20.0 Å². The number of nitrogens with zero attached hydrogens (tertiary/aromatic N) is 9. The number of hydrogen-bond donors (Lipinski definition) is 4. The smallest absolute Gasteiger partial charge is 0.282 e. The van der Waals surface area contributed by atoms with Gasteiger partial charge in [0.1, 0.15) is 60.0 Å². The van der Waals surface area contributed by atoms with Crippen molar-refractivity contribution in [3.63, 3.8) is 0 Å². The molecule has 0 amide bonds. The Balaban J connectivity index is 0.000000159. The van der Waals surface area contributed by atoms with Gasteiger partial charge in [-0.15, -0.1) is 0 Å². The predicted molar refractivity (Wildman–Crippen MR) is 402 cm³/mol. The molecule has 106 heavy (non-hydrogen) atoms. The van der Waals surface area contributed by atoms with Gasteiger partial charge >= 0.3 is 0 Å². The van der Waals surface area contributed by atoms with E-state index in [4.69, 9.17) is 68.0 Å². The highest BCUT2D eigenvalue weighted by molar-refractivity contribution is 7.89. The van der Waals surface area contributed by atoms with Crippen molar-refractivity contribution in [2.45, 2.75) is 108 Å². The highest BCUT2D eigenvalue weighted by atomic mass is 35.5. The van der Waals surface area contributed by atoms with Crippen LogP contribution in [0.25, 0.3) is 32.7 Å². The average molecular weight is 1580 g/mol. The maximum absolute atomic E-state index is 13.6. The van der Waals surface area contributed by atoms with Crippen LogP contribution in [0.2, 0.25) is 15.1 Å². The first-order chi connectivity index (χ1) is 50.8. The molecule has 0 atom stereocenters. The van der Waals surface area contributed by atoms with E-state index in [2.05, 4.69) is 50.6 Å². The summed E-state index contributed by atoms with van der Waals surface area (Å²) in [5.41, 5.74) is 3.66. The van der Waals surface area contributed by atoms with Crippen LogP contribution in [0.1, 0.15) is 78.1 Å².